The van der Waals surface area contributed by atoms with Crippen molar-refractivity contribution in [1.82, 2.24) is 0 Å². The minimum Gasteiger partial charge on any atom is -1.00 e. The molecular weight excluding hydrogens is 371 g/mol. The maximum atomic E-state index is 12.1. The number of hydrogen-bond donors (Lipinski definition) is 3. The third-order valence-corrected chi connectivity index (χ3v) is 6.00. The molecule has 26 heavy (non-hydrogen) atoms. The fourth-order valence-electron chi connectivity index (χ4n) is 4.16. The van der Waals surface area contributed by atoms with Gasteiger partial charge in [-0.1, -0.05) is 32.9 Å². The van der Waals surface area contributed by atoms with Crippen LogP contribution in [-0.2, 0) is 19.7 Å². The van der Waals surface area contributed by atoms with Gasteiger partial charge in [-0.25, -0.2) is 4.79 Å². The normalized spacial score (nSPS) is 30.8. The number of carboxylic acids is 2. The second-order valence-electron chi connectivity index (χ2n) is 6.20. The molecule has 1 saturated carbocycles. The number of aliphatic carboxylic acids is 2. The molecule has 0 saturated heterocycles. The van der Waals surface area contributed by atoms with E-state index in [0.29, 0.717) is 19.3 Å². The molecule has 2 aliphatic rings. The van der Waals surface area contributed by atoms with Gasteiger partial charge in [0, 0.05) is 5.92 Å². The van der Waals surface area contributed by atoms with Crippen LogP contribution in [0.3, 0.4) is 0 Å². The van der Waals surface area contributed by atoms with Crippen LogP contribution in [-0.4, -0.2) is 40.4 Å². The van der Waals surface area contributed by atoms with Crippen molar-refractivity contribution in [2.45, 2.75) is 45.3 Å². The largest absolute Gasteiger partial charge is 1.00 e. The number of fused-ring (bicyclic) bond motifs is 1. The summed E-state index contributed by atoms with van der Waals surface area (Å²) in [5.74, 6) is -3.25. The van der Waals surface area contributed by atoms with Gasteiger partial charge in [0.2, 0.25) is 0 Å². The number of carboxylic acid groups (broad SMARTS) is 2. The topological polar surface area (TPSA) is 129 Å². The standard InChI is InChI=1S/C17H22O7S.Na.H/c1-4-7-9-12(15(18)19)13-10(6-3)17(13,16(20)21)11(8-5-2)14(9)25(22,23)24;;/h7-8,10,14H,4-6H2,1-3H3,(H,18,19)(H,20,21)(H,22,23,24);;/q;+1;-1. The van der Waals surface area contributed by atoms with E-state index in [1.165, 1.54) is 12.2 Å². The Labute approximate surface area is 176 Å². The molecule has 0 aromatic carbocycles. The third kappa shape index (κ3) is 3.22. The van der Waals surface area contributed by atoms with Crippen LogP contribution < -0.4 is 29.6 Å². The quantitative estimate of drug-likeness (QED) is 0.316. The first kappa shape index (κ1) is 23.1. The monoisotopic (exact) mass is 394 g/mol. The molecule has 1 fully saturated rings. The summed E-state index contributed by atoms with van der Waals surface area (Å²) >= 11 is 0. The molecule has 0 heterocycles. The summed E-state index contributed by atoms with van der Waals surface area (Å²) in [6.07, 6.45) is 4.00. The van der Waals surface area contributed by atoms with E-state index in [2.05, 4.69) is 0 Å². The molecule has 0 aliphatic heterocycles. The van der Waals surface area contributed by atoms with Crippen LogP contribution in [0.4, 0.5) is 0 Å². The van der Waals surface area contributed by atoms with Crippen molar-refractivity contribution in [1.29, 1.82) is 0 Å². The maximum absolute atomic E-state index is 12.1. The fraction of sp³-hybridized carbons (Fsp3) is 0.529. The van der Waals surface area contributed by atoms with Crippen LogP contribution in [0.5, 0.6) is 0 Å². The van der Waals surface area contributed by atoms with Crippen molar-refractivity contribution < 1.29 is 63.8 Å². The minimum absolute atomic E-state index is 0. The zero-order chi connectivity index (χ0) is 19.2. The van der Waals surface area contributed by atoms with Crippen LogP contribution in [0.2, 0.25) is 0 Å². The van der Waals surface area contributed by atoms with Gasteiger partial charge in [0.1, 0.15) is 10.7 Å². The van der Waals surface area contributed by atoms with Crippen LogP contribution in [0.1, 0.15) is 41.5 Å². The van der Waals surface area contributed by atoms with E-state index < -0.39 is 38.6 Å². The van der Waals surface area contributed by atoms with E-state index in [0.717, 1.165) is 0 Å². The van der Waals surface area contributed by atoms with Gasteiger partial charge >= 0.3 is 41.5 Å². The number of rotatable bonds is 6. The first-order valence-electron chi connectivity index (χ1n) is 8.19. The van der Waals surface area contributed by atoms with Crippen LogP contribution in [0.25, 0.3) is 0 Å². The molecule has 7 nitrogen and oxygen atoms in total. The van der Waals surface area contributed by atoms with Crippen molar-refractivity contribution in [2.24, 2.45) is 11.3 Å². The van der Waals surface area contributed by atoms with Crippen molar-refractivity contribution in [3.05, 3.63) is 34.4 Å². The average molecular weight is 394 g/mol. The van der Waals surface area contributed by atoms with Crippen molar-refractivity contribution >= 4 is 22.1 Å². The zero-order valence-electron chi connectivity index (χ0n) is 16.3. The first-order chi connectivity index (χ1) is 11.6. The molecule has 3 unspecified atom stereocenters. The van der Waals surface area contributed by atoms with Gasteiger partial charge in [-0.3, -0.25) is 9.35 Å². The molecule has 140 valence electrons. The zero-order valence-corrected chi connectivity index (χ0v) is 18.1. The summed E-state index contributed by atoms with van der Waals surface area (Å²) in [7, 11) is -4.74. The molecule has 0 spiro atoms. The fourth-order valence-corrected chi connectivity index (χ4v) is 5.29. The van der Waals surface area contributed by atoms with E-state index in [1.54, 1.807) is 20.8 Å². The molecule has 0 amide bonds. The summed E-state index contributed by atoms with van der Waals surface area (Å²) in [6, 6.07) is 0. The van der Waals surface area contributed by atoms with Crippen LogP contribution in [0.15, 0.2) is 34.4 Å². The smallest absolute Gasteiger partial charge is 1.00 e. The minimum atomic E-state index is -4.74. The summed E-state index contributed by atoms with van der Waals surface area (Å²) in [6.45, 7) is 5.17. The molecule has 3 atom stereocenters. The summed E-state index contributed by atoms with van der Waals surface area (Å²) in [5, 5.41) is 17.9. The van der Waals surface area contributed by atoms with Gasteiger partial charge in [-0.05, 0) is 36.0 Å². The Balaban J connectivity index is 0.00000338. The molecule has 2 rings (SSSR count). The van der Waals surface area contributed by atoms with Gasteiger partial charge in [0.15, 0.2) is 0 Å². The molecule has 0 radical (unpaired) electrons. The predicted molar refractivity (Wildman–Crippen MR) is 91.7 cm³/mol. The van der Waals surface area contributed by atoms with E-state index in [9.17, 15) is 32.8 Å². The molecule has 9 heteroatoms. The third-order valence-electron chi connectivity index (χ3n) is 4.90. The van der Waals surface area contributed by atoms with E-state index >= 15 is 0 Å². The van der Waals surface area contributed by atoms with Gasteiger partial charge in [-0.2, -0.15) is 8.42 Å². The molecular formula is C17H23NaO7S. The molecule has 0 bridgehead atoms. The Morgan fingerprint density at radius 2 is 1.69 bits per heavy atom. The predicted octanol–water partition coefficient (Wildman–Crippen LogP) is -0.462. The summed E-state index contributed by atoms with van der Waals surface area (Å²) in [5.41, 5.74) is -1.71. The SMILES string of the molecule is CCC=C1C(C(=O)O)=C2C(CC)C2(C(=O)O)C(=CCC)C1S(=O)(=O)O.[H-].[Na+]. The van der Waals surface area contributed by atoms with Gasteiger partial charge in [0.25, 0.3) is 10.1 Å². The Morgan fingerprint density at radius 1 is 1.15 bits per heavy atom. The number of allylic oxidation sites excluding steroid dienone is 2. The second kappa shape index (κ2) is 7.98. The van der Waals surface area contributed by atoms with Gasteiger partial charge < -0.3 is 11.6 Å². The Morgan fingerprint density at radius 3 is 2.04 bits per heavy atom. The first-order valence-corrected chi connectivity index (χ1v) is 9.69. The van der Waals surface area contributed by atoms with Crippen LogP contribution >= 0.6 is 0 Å². The molecule has 3 N–H and O–H groups in total. The average Bonchev–Trinajstić information content (AvgIpc) is 3.16. The van der Waals surface area contributed by atoms with Crippen LogP contribution in [0, 0.1) is 11.3 Å². The van der Waals surface area contributed by atoms with E-state index in [4.69, 9.17) is 0 Å². The van der Waals surface area contributed by atoms with E-state index in [-0.39, 0.29) is 53.3 Å². The molecule has 0 aromatic rings. The maximum Gasteiger partial charge on any atom is 1.00 e. The second-order valence-corrected chi connectivity index (χ2v) is 7.70. The summed E-state index contributed by atoms with van der Waals surface area (Å²) in [4.78, 5) is 24.0. The Hall–Kier alpha value is -0.930. The van der Waals surface area contributed by atoms with Gasteiger partial charge in [-0.15, -0.1) is 0 Å². The summed E-state index contributed by atoms with van der Waals surface area (Å²) < 4.78 is 34.0. The van der Waals surface area contributed by atoms with Crippen molar-refractivity contribution in [3.8, 4) is 0 Å². The van der Waals surface area contributed by atoms with Crippen molar-refractivity contribution in [3.63, 3.8) is 0 Å². The number of carbonyl (C=O) groups is 2. The molecule has 0 aromatic heterocycles. The van der Waals surface area contributed by atoms with Crippen molar-refractivity contribution in [2.75, 3.05) is 0 Å². The van der Waals surface area contributed by atoms with Gasteiger partial charge in [0.05, 0.1) is 5.57 Å². The number of hydrogen-bond acceptors (Lipinski definition) is 4. The Bertz CT molecular complexity index is 828. The molecule has 2 aliphatic carbocycles. The van der Waals surface area contributed by atoms with E-state index in [1.807, 2.05) is 0 Å². The Kier molecular flexibility index (Phi) is 7.09.